The summed E-state index contributed by atoms with van der Waals surface area (Å²) in [5, 5.41) is 12.3. The van der Waals surface area contributed by atoms with E-state index >= 15 is 0 Å². The zero-order valence-corrected chi connectivity index (χ0v) is 10.8. The highest BCUT2D eigenvalue weighted by molar-refractivity contribution is 5.97. The van der Waals surface area contributed by atoms with Gasteiger partial charge in [0.2, 0.25) is 0 Å². The van der Waals surface area contributed by atoms with E-state index in [2.05, 4.69) is 5.32 Å². The number of rotatable bonds is 4. The van der Waals surface area contributed by atoms with Gasteiger partial charge in [0.05, 0.1) is 11.1 Å². The molecular formula is C13H19FN2O2. The van der Waals surface area contributed by atoms with Crippen LogP contribution >= 0.6 is 0 Å². The third kappa shape index (κ3) is 2.98. The van der Waals surface area contributed by atoms with Crippen molar-refractivity contribution in [3.63, 3.8) is 0 Å². The van der Waals surface area contributed by atoms with Gasteiger partial charge in [-0.2, -0.15) is 0 Å². The molecule has 1 amide bonds. The number of phenols is 1. The molecule has 0 saturated carbocycles. The number of nitrogens with one attached hydrogen (secondary N) is 1. The summed E-state index contributed by atoms with van der Waals surface area (Å²) in [6.45, 7) is 5.99. The molecule has 1 atom stereocenters. The molecule has 0 bridgehead atoms. The SMILES string of the molecule is CC(C)C(C)(CN)NC(=O)c1ccc(F)cc1O. The molecule has 0 heterocycles. The van der Waals surface area contributed by atoms with E-state index in [-0.39, 0.29) is 23.8 Å². The molecule has 1 unspecified atom stereocenters. The van der Waals surface area contributed by atoms with Crippen molar-refractivity contribution in [2.75, 3.05) is 6.54 Å². The number of halogens is 1. The van der Waals surface area contributed by atoms with Crippen LogP contribution in [-0.4, -0.2) is 23.1 Å². The summed E-state index contributed by atoms with van der Waals surface area (Å²) in [6.07, 6.45) is 0. The van der Waals surface area contributed by atoms with Crippen molar-refractivity contribution < 1.29 is 14.3 Å². The zero-order valence-electron chi connectivity index (χ0n) is 10.8. The number of benzene rings is 1. The lowest BCUT2D eigenvalue weighted by molar-refractivity contribution is 0.0880. The second kappa shape index (κ2) is 5.35. The Morgan fingerprint density at radius 3 is 2.61 bits per heavy atom. The van der Waals surface area contributed by atoms with E-state index in [9.17, 15) is 14.3 Å². The monoisotopic (exact) mass is 254 g/mol. The molecule has 1 rings (SSSR count). The van der Waals surface area contributed by atoms with Gasteiger partial charge in [-0.15, -0.1) is 0 Å². The van der Waals surface area contributed by atoms with E-state index in [0.29, 0.717) is 0 Å². The van der Waals surface area contributed by atoms with Crippen LogP contribution in [0.25, 0.3) is 0 Å². The first-order valence-electron chi connectivity index (χ1n) is 5.81. The summed E-state index contributed by atoms with van der Waals surface area (Å²) in [5.41, 5.74) is 5.13. The molecule has 0 aliphatic rings. The minimum absolute atomic E-state index is 0.0386. The van der Waals surface area contributed by atoms with Crippen LogP contribution in [0.4, 0.5) is 4.39 Å². The van der Waals surface area contributed by atoms with Crippen molar-refractivity contribution in [3.05, 3.63) is 29.6 Å². The standard InChI is InChI=1S/C13H19FN2O2/c1-8(2)13(3,7-15)16-12(18)10-5-4-9(14)6-11(10)17/h4-6,8,17H,7,15H2,1-3H3,(H,16,18). The smallest absolute Gasteiger partial charge is 0.255 e. The van der Waals surface area contributed by atoms with Gasteiger partial charge in [0.1, 0.15) is 11.6 Å². The van der Waals surface area contributed by atoms with Crippen LogP contribution in [0.3, 0.4) is 0 Å². The quantitative estimate of drug-likeness (QED) is 0.764. The van der Waals surface area contributed by atoms with E-state index in [1.165, 1.54) is 6.07 Å². The van der Waals surface area contributed by atoms with E-state index in [0.717, 1.165) is 12.1 Å². The number of hydrogen-bond acceptors (Lipinski definition) is 3. The lowest BCUT2D eigenvalue weighted by Crippen LogP contribution is -2.55. The number of carbonyl (C=O) groups is 1. The predicted molar refractivity (Wildman–Crippen MR) is 67.8 cm³/mol. The molecule has 1 aromatic carbocycles. The van der Waals surface area contributed by atoms with Crippen molar-refractivity contribution >= 4 is 5.91 Å². The highest BCUT2D eigenvalue weighted by atomic mass is 19.1. The minimum Gasteiger partial charge on any atom is -0.507 e. The molecule has 0 spiro atoms. The summed E-state index contributed by atoms with van der Waals surface area (Å²) in [6, 6.07) is 3.28. The molecule has 1 aromatic rings. The average molecular weight is 254 g/mol. The first-order valence-corrected chi connectivity index (χ1v) is 5.81. The maximum absolute atomic E-state index is 12.8. The topological polar surface area (TPSA) is 75.3 Å². The molecule has 4 nitrogen and oxygen atoms in total. The van der Waals surface area contributed by atoms with Gasteiger partial charge in [-0.3, -0.25) is 4.79 Å². The van der Waals surface area contributed by atoms with Crippen molar-refractivity contribution in [1.29, 1.82) is 0 Å². The average Bonchev–Trinajstić information content (AvgIpc) is 2.28. The Kier molecular flexibility index (Phi) is 4.29. The molecule has 0 aliphatic carbocycles. The molecule has 18 heavy (non-hydrogen) atoms. The lowest BCUT2D eigenvalue weighted by Gasteiger charge is -2.33. The minimum atomic E-state index is -0.588. The van der Waals surface area contributed by atoms with Crippen LogP contribution in [0.5, 0.6) is 5.75 Å². The van der Waals surface area contributed by atoms with E-state index in [1.807, 2.05) is 20.8 Å². The maximum atomic E-state index is 12.8. The molecule has 0 fully saturated rings. The number of amides is 1. The Labute approximate surface area is 106 Å². The first-order chi connectivity index (χ1) is 8.30. The van der Waals surface area contributed by atoms with E-state index in [4.69, 9.17) is 5.73 Å². The molecule has 4 N–H and O–H groups in total. The van der Waals surface area contributed by atoms with Crippen LogP contribution in [0.15, 0.2) is 18.2 Å². The second-order valence-electron chi connectivity index (χ2n) is 4.89. The van der Waals surface area contributed by atoms with Gasteiger partial charge in [0.15, 0.2) is 0 Å². The number of phenolic OH excluding ortho intramolecular Hbond substituents is 1. The van der Waals surface area contributed by atoms with E-state index in [1.54, 1.807) is 0 Å². The second-order valence-corrected chi connectivity index (χ2v) is 4.89. The van der Waals surface area contributed by atoms with Crippen molar-refractivity contribution in [2.24, 2.45) is 11.7 Å². The molecule has 0 aromatic heterocycles. The third-order valence-corrected chi connectivity index (χ3v) is 3.30. The lowest BCUT2D eigenvalue weighted by atomic mass is 9.88. The van der Waals surface area contributed by atoms with Gasteiger partial charge in [-0.1, -0.05) is 13.8 Å². The van der Waals surface area contributed by atoms with Gasteiger partial charge in [-0.05, 0) is 25.0 Å². The van der Waals surface area contributed by atoms with Crippen LogP contribution in [0, 0.1) is 11.7 Å². The van der Waals surface area contributed by atoms with Gasteiger partial charge in [0.25, 0.3) is 5.91 Å². The van der Waals surface area contributed by atoms with Gasteiger partial charge < -0.3 is 16.2 Å². The Morgan fingerprint density at radius 1 is 1.56 bits per heavy atom. The Morgan fingerprint density at radius 2 is 2.17 bits per heavy atom. The number of aromatic hydroxyl groups is 1. The van der Waals surface area contributed by atoms with Gasteiger partial charge in [0, 0.05) is 12.6 Å². The maximum Gasteiger partial charge on any atom is 0.255 e. The van der Waals surface area contributed by atoms with Crippen LogP contribution in [-0.2, 0) is 0 Å². The Balaban J connectivity index is 2.95. The summed E-state index contributed by atoms with van der Waals surface area (Å²) >= 11 is 0. The normalized spacial score (nSPS) is 14.3. The zero-order chi connectivity index (χ0) is 13.9. The number of carbonyl (C=O) groups excluding carboxylic acids is 1. The van der Waals surface area contributed by atoms with Crippen LogP contribution < -0.4 is 11.1 Å². The van der Waals surface area contributed by atoms with Crippen molar-refractivity contribution in [2.45, 2.75) is 26.3 Å². The van der Waals surface area contributed by atoms with Crippen molar-refractivity contribution in [3.8, 4) is 5.75 Å². The van der Waals surface area contributed by atoms with Gasteiger partial charge >= 0.3 is 0 Å². The fraction of sp³-hybridized carbons (Fsp3) is 0.462. The van der Waals surface area contributed by atoms with Crippen LogP contribution in [0.1, 0.15) is 31.1 Å². The molecule has 100 valence electrons. The molecule has 0 aliphatic heterocycles. The summed E-state index contributed by atoms with van der Waals surface area (Å²) in [4.78, 5) is 12.0. The largest absolute Gasteiger partial charge is 0.507 e. The Hall–Kier alpha value is -1.62. The Bertz CT molecular complexity index is 449. The van der Waals surface area contributed by atoms with Gasteiger partial charge in [-0.25, -0.2) is 4.39 Å². The fourth-order valence-corrected chi connectivity index (χ4v) is 1.45. The molecule has 0 saturated heterocycles. The summed E-state index contributed by atoms with van der Waals surface area (Å²) in [7, 11) is 0. The first kappa shape index (κ1) is 14.4. The molecular weight excluding hydrogens is 235 g/mol. The highest BCUT2D eigenvalue weighted by Crippen LogP contribution is 2.21. The fourth-order valence-electron chi connectivity index (χ4n) is 1.45. The van der Waals surface area contributed by atoms with Crippen LogP contribution in [0.2, 0.25) is 0 Å². The number of nitrogens with two attached hydrogens (primary N) is 1. The molecule has 0 radical (unpaired) electrons. The summed E-state index contributed by atoms with van der Waals surface area (Å²) < 4.78 is 12.8. The van der Waals surface area contributed by atoms with Crippen molar-refractivity contribution in [1.82, 2.24) is 5.32 Å². The summed E-state index contributed by atoms with van der Waals surface area (Å²) in [5.74, 6) is -1.30. The highest BCUT2D eigenvalue weighted by Gasteiger charge is 2.29. The van der Waals surface area contributed by atoms with E-state index < -0.39 is 17.3 Å². The molecule has 5 heteroatoms. The number of hydrogen-bond donors (Lipinski definition) is 3. The predicted octanol–water partition coefficient (Wildman–Crippen LogP) is 1.63. The third-order valence-electron chi connectivity index (χ3n) is 3.30.